The average molecular weight is 502 g/mol. The van der Waals surface area contributed by atoms with Gasteiger partial charge < -0.3 is 10.1 Å². The molecule has 0 radical (unpaired) electrons. The Labute approximate surface area is 211 Å². The fourth-order valence-corrected chi connectivity index (χ4v) is 4.40. The van der Waals surface area contributed by atoms with Crippen molar-refractivity contribution in [3.63, 3.8) is 0 Å². The first-order chi connectivity index (χ1) is 16.8. The molecule has 0 saturated carbocycles. The lowest BCUT2D eigenvalue weighted by Gasteiger charge is -2.26. The molecule has 1 atom stereocenters. The number of ether oxygens (including phenoxy) is 1. The number of urea groups is 2. The summed E-state index contributed by atoms with van der Waals surface area (Å²) in [7, 11) is 2.99. The summed E-state index contributed by atoms with van der Waals surface area (Å²) in [5, 5.41) is 13.1. The number of nitrogens with one attached hydrogen (secondary N) is 1. The van der Waals surface area contributed by atoms with E-state index in [1.807, 2.05) is 54.6 Å². The van der Waals surface area contributed by atoms with Crippen LogP contribution in [-0.4, -0.2) is 59.6 Å². The molecule has 5 amide bonds. The van der Waals surface area contributed by atoms with Crippen molar-refractivity contribution in [1.82, 2.24) is 15.3 Å². The molecule has 0 aliphatic rings. The van der Waals surface area contributed by atoms with Crippen molar-refractivity contribution in [3.8, 4) is 5.75 Å². The zero-order chi connectivity index (χ0) is 25.8. The highest BCUT2D eigenvalue weighted by Gasteiger charge is 2.33. The van der Waals surface area contributed by atoms with Gasteiger partial charge in [0.05, 0.1) is 13.0 Å². The lowest BCUT2D eigenvalue weighted by atomic mass is 9.98. The highest BCUT2D eigenvalue weighted by molar-refractivity contribution is 7.99. The van der Waals surface area contributed by atoms with Crippen LogP contribution in [0.4, 0.5) is 9.59 Å². The van der Waals surface area contributed by atoms with E-state index in [1.165, 1.54) is 18.8 Å². The van der Waals surface area contributed by atoms with Crippen LogP contribution in [0, 0.1) is 11.8 Å². The van der Waals surface area contributed by atoms with E-state index < -0.39 is 23.9 Å². The Bertz CT molecular complexity index is 953. The number of nitrogens with zero attached hydrogens (tertiary/aromatic N) is 2. The first-order valence-corrected chi connectivity index (χ1v) is 12.6. The Hall–Kier alpha value is -3.04. The quantitative estimate of drug-likeness (QED) is 0.254. The summed E-state index contributed by atoms with van der Waals surface area (Å²) in [5.74, 6) is 0.155. The number of imide groups is 2. The molecule has 2 aromatic carbocycles. The Kier molecular flexibility index (Phi) is 11.6. The van der Waals surface area contributed by atoms with Crippen LogP contribution < -0.4 is 10.1 Å². The molecule has 9 heteroatoms. The maximum absolute atomic E-state index is 13.2. The minimum Gasteiger partial charge on any atom is -0.497 e. The second-order valence-corrected chi connectivity index (χ2v) is 9.62. The van der Waals surface area contributed by atoms with Crippen LogP contribution in [0.1, 0.15) is 32.3 Å². The van der Waals surface area contributed by atoms with Crippen molar-refractivity contribution in [1.29, 1.82) is 0 Å². The Balaban J connectivity index is 2.11. The fraction of sp³-hybridized carbons (Fsp3) is 0.423. The van der Waals surface area contributed by atoms with Crippen LogP contribution in [0.2, 0.25) is 0 Å². The Morgan fingerprint density at radius 2 is 1.69 bits per heavy atom. The van der Waals surface area contributed by atoms with E-state index in [0.29, 0.717) is 24.5 Å². The molecule has 190 valence electrons. The van der Waals surface area contributed by atoms with E-state index in [2.05, 4.69) is 19.2 Å². The molecular weight excluding hydrogens is 466 g/mol. The number of rotatable bonds is 11. The van der Waals surface area contributed by atoms with Gasteiger partial charge in [0.1, 0.15) is 5.75 Å². The van der Waals surface area contributed by atoms with Gasteiger partial charge in [0.15, 0.2) is 0 Å². The van der Waals surface area contributed by atoms with Gasteiger partial charge >= 0.3 is 12.1 Å². The number of carbonyl (C=O) groups excluding carboxylic acids is 3. The highest BCUT2D eigenvalue weighted by atomic mass is 32.2. The van der Waals surface area contributed by atoms with Crippen LogP contribution >= 0.6 is 11.8 Å². The zero-order valence-corrected chi connectivity index (χ0v) is 21.6. The summed E-state index contributed by atoms with van der Waals surface area (Å²) >= 11 is 1.47. The average Bonchev–Trinajstić information content (AvgIpc) is 2.88. The fourth-order valence-electron chi connectivity index (χ4n) is 3.37. The Morgan fingerprint density at radius 1 is 1.03 bits per heavy atom. The van der Waals surface area contributed by atoms with Crippen molar-refractivity contribution in [2.45, 2.75) is 38.0 Å². The van der Waals surface area contributed by atoms with Crippen LogP contribution in [0.5, 0.6) is 5.75 Å². The molecule has 0 spiro atoms. The molecule has 0 aromatic heterocycles. The molecule has 2 N–H and O–H groups in total. The zero-order valence-electron chi connectivity index (χ0n) is 20.8. The summed E-state index contributed by atoms with van der Waals surface area (Å²) in [4.78, 5) is 40.3. The molecular formula is C26H35N3O5S. The van der Waals surface area contributed by atoms with Gasteiger partial charge in [-0.2, -0.15) is 0 Å². The lowest BCUT2D eigenvalue weighted by Crippen LogP contribution is -2.52. The van der Waals surface area contributed by atoms with Gasteiger partial charge in [0, 0.05) is 24.2 Å². The Morgan fingerprint density at radius 3 is 2.26 bits per heavy atom. The van der Waals surface area contributed by atoms with Gasteiger partial charge in [-0.3, -0.25) is 10.0 Å². The number of hydroxylamine groups is 2. The first-order valence-electron chi connectivity index (χ1n) is 11.6. The number of carbonyl (C=O) groups is 3. The largest absolute Gasteiger partial charge is 0.497 e. The second-order valence-electron chi connectivity index (χ2n) is 8.53. The minimum atomic E-state index is -1.06. The highest BCUT2D eigenvalue weighted by Crippen LogP contribution is 2.27. The van der Waals surface area contributed by atoms with Gasteiger partial charge in [-0.05, 0) is 48.6 Å². The molecule has 0 bridgehead atoms. The predicted octanol–water partition coefficient (Wildman–Crippen LogP) is 5.06. The number of hydrogen-bond acceptors (Lipinski definition) is 6. The lowest BCUT2D eigenvalue weighted by molar-refractivity contribution is -0.158. The first kappa shape index (κ1) is 28.2. The van der Waals surface area contributed by atoms with Crippen molar-refractivity contribution in [2.75, 3.05) is 26.5 Å². The van der Waals surface area contributed by atoms with E-state index in [1.54, 1.807) is 7.11 Å². The topological polar surface area (TPSA) is 99.2 Å². The van der Waals surface area contributed by atoms with Crippen LogP contribution in [0.25, 0.3) is 0 Å². The molecule has 2 aromatic rings. The molecule has 0 aliphatic heterocycles. The third-order valence-corrected chi connectivity index (χ3v) is 6.67. The van der Waals surface area contributed by atoms with Gasteiger partial charge in [-0.1, -0.05) is 50.6 Å². The monoisotopic (exact) mass is 501 g/mol. The van der Waals surface area contributed by atoms with Gasteiger partial charge in [0.25, 0.3) is 5.91 Å². The number of methoxy groups -OCH3 is 1. The molecule has 8 nitrogen and oxygen atoms in total. The summed E-state index contributed by atoms with van der Waals surface area (Å²) in [6.07, 6.45) is 1.66. The standard InChI is InChI=1S/C26H35N3O5S/c1-19(2)10-11-21(18-35-23-14-12-22(34-4)13-15-23)24(30)29(33)26(32)28(25(31)27-3)17-16-20-8-6-5-7-9-20/h5-9,12-15,19,21,33H,10-11,16-18H2,1-4H3,(H,27,31)/t21-/m1/s1. The molecule has 0 heterocycles. The second kappa shape index (κ2) is 14.4. The van der Waals surface area contributed by atoms with Crippen LogP contribution in [0.3, 0.4) is 0 Å². The number of amides is 5. The molecule has 0 fully saturated rings. The number of hydrogen-bond donors (Lipinski definition) is 2. The SMILES string of the molecule is CNC(=O)N(CCc1ccccc1)C(=O)N(O)C(=O)[C@H](CCC(C)C)CSc1ccc(OC)cc1. The third kappa shape index (κ3) is 8.92. The smallest absolute Gasteiger partial charge is 0.359 e. The van der Waals surface area contributed by atoms with Crippen molar-refractivity contribution >= 4 is 29.7 Å². The molecule has 2 rings (SSSR count). The van der Waals surface area contributed by atoms with Crippen LogP contribution in [0.15, 0.2) is 59.5 Å². The van der Waals surface area contributed by atoms with E-state index >= 15 is 0 Å². The normalized spacial score (nSPS) is 11.6. The summed E-state index contributed by atoms with van der Waals surface area (Å²) in [6.45, 7) is 4.12. The number of benzene rings is 2. The van der Waals surface area contributed by atoms with Gasteiger partial charge in [-0.15, -0.1) is 16.8 Å². The molecule has 35 heavy (non-hydrogen) atoms. The molecule has 0 unspecified atom stereocenters. The van der Waals surface area contributed by atoms with E-state index in [0.717, 1.165) is 27.5 Å². The minimum absolute atomic E-state index is 0.0180. The van der Waals surface area contributed by atoms with Crippen molar-refractivity contribution in [2.24, 2.45) is 11.8 Å². The summed E-state index contributed by atoms with van der Waals surface area (Å²) in [5.41, 5.74) is 0.927. The maximum atomic E-state index is 13.2. The van der Waals surface area contributed by atoms with E-state index in [9.17, 15) is 19.6 Å². The van der Waals surface area contributed by atoms with Crippen molar-refractivity contribution < 1.29 is 24.3 Å². The van der Waals surface area contributed by atoms with E-state index in [-0.39, 0.29) is 11.6 Å². The van der Waals surface area contributed by atoms with Gasteiger partial charge in [-0.25, -0.2) is 14.5 Å². The summed E-state index contributed by atoms with van der Waals surface area (Å²) in [6, 6.07) is 15.1. The summed E-state index contributed by atoms with van der Waals surface area (Å²) < 4.78 is 5.18. The van der Waals surface area contributed by atoms with Crippen LogP contribution in [-0.2, 0) is 11.2 Å². The molecule has 0 aliphatic carbocycles. The molecule has 0 saturated heterocycles. The predicted molar refractivity (Wildman–Crippen MR) is 137 cm³/mol. The van der Waals surface area contributed by atoms with Gasteiger partial charge in [0.2, 0.25) is 0 Å². The van der Waals surface area contributed by atoms with E-state index in [4.69, 9.17) is 4.74 Å². The third-order valence-electron chi connectivity index (χ3n) is 5.50. The van der Waals surface area contributed by atoms with Crippen molar-refractivity contribution in [3.05, 3.63) is 60.2 Å². The maximum Gasteiger partial charge on any atom is 0.359 e. The number of thioether (sulfide) groups is 1.